The van der Waals surface area contributed by atoms with Gasteiger partial charge in [-0.05, 0) is 56.6 Å². The standard InChI is InChI=1S/C26H37ClN4O4/c1-2-34-24-14-23(28)22(27)13-21(24)26(33)29-15-20-17-30(11-12-35-20)16-19-7-9-31(10-8-19)25(32)6-5-18-3-4-18/h5-6,13-14,18-20H,2-4,7-12,15-17,28H2,1H3,(H,29,33). The smallest absolute Gasteiger partial charge is 0.255 e. The summed E-state index contributed by atoms with van der Waals surface area (Å²) in [4.78, 5) is 29.6. The second kappa shape index (κ2) is 12.1. The third kappa shape index (κ3) is 7.35. The Bertz CT molecular complexity index is 928. The molecule has 0 bridgehead atoms. The quantitative estimate of drug-likeness (QED) is 0.396. The molecule has 1 unspecified atom stereocenters. The molecule has 0 radical (unpaired) electrons. The Balaban J connectivity index is 1.21. The van der Waals surface area contributed by atoms with Gasteiger partial charge >= 0.3 is 0 Å². The SMILES string of the molecule is CCOc1cc(N)c(Cl)cc1C(=O)NCC1CN(CC2CCN(C(=O)C=CC3CC3)CC2)CCO1. The Morgan fingerprint density at radius 1 is 1.23 bits per heavy atom. The molecule has 3 aliphatic rings. The van der Waals surface area contributed by atoms with Gasteiger partial charge in [0.05, 0.1) is 35.6 Å². The van der Waals surface area contributed by atoms with Gasteiger partial charge < -0.3 is 25.4 Å². The van der Waals surface area contributed by atoms with Crippen LogP contribution in [-0.4, -0.2) is 80.2 Å². The average Bonchev–Trinajstić information content (AvgIpc) is 3.69. The van der Waals surface area contributed by atoms with Crippen molar-refractivity contribution in [3.8, 4) is 5.75 Å². The van der Waals surface area contributed by atoms with Crippen LogP contribution in [0.3, 0.4) is 0 Å². The van der Waals surface area contributed by atoms with Crippen molar-refractivity contribution in [2.75, 3.05) is 58.2 Å². The van der Waals surface area contributed by atoms with Crippen LogP contribution in [0.2, 0.25) is 5.02 Å². The van der Waals surface area contributed by atoms with E-state index < -0.39 is 0 Å². The van der Waals surface area contributed by atoms with Crippen LogP contribution in [-0.2, 0) is 9.53 Å². The number of nitrogen functional groups attached to an aromatic ring is 1. The van der Waals surface area contributed by atoms with Crippen molar-refractivity contribution in [1.82, 2.24) is 15.1 Å². The number of likely N-dealkylation sites (tertiary alicyclic amines) is 1. The Morgan fingerprint density at radius 3 is 2.71 bits per heavy atom. The van der Waals surface area contributed by atoms with Crippen LogP contribution in [0.25, 0.3) is 0 Å². The molecule has 192 valence electrons. The first kappa shape index (κ1) is 25.8. The summed E-state index contributed by atoms with van der Waals surface area (Å²) in [6.07, 6.45) is 8.26. The van der Waals surface area contributed by atoms with Gasteiger partial charge in [0.25, 0.3) is 5.91 Å². The zero-order valence-electron chi connectivity index (χ0n) is 20.5. The number of anilines is 1. The molecule has 0 aromatic heterocycles. The monoisotopic (exact) mass is 504 g/mol. The topological polar surface area (TPSA) is 97.1 Å². The van der Waals surface area contributed by atoms with Crippen LogP contribution < -0.4 is 15.8 Å². The van der Waals surface area contributed by atoms with Gasteiger partial charge in [-0.25, -0.2) is 0 Å². The van der Waals surface area contributed by atoms with E-state index in [2.05, 4.69) is 16.3 Å². The summed E-state index contributed by atoms with van der Waals surface area (Å²) in [5, 5.41) is 3.28. The van der Waals surface area contributed by atoms with Crippen molar-refractivity contribution in [1.29, 1.82) is 0 Å². The summed E-state index contributed by atoms with van der Waals surface area (Å²) in [6, 6.07) is 3.13. The number of carbonyl (C=O) groups is 2. The largest absolute Gasteiger partial charge is 0.493 e. The van der Waals surface area contributed by atoms with Crippen molar-refractivity contribution in [3.63, 3.8) is 0 Å². The van der Waals surface area contributed by atoms with E-state index in [0.717, 1.165) is 45.6 Å². The molecule has 2 heterocycles. The Labute approximate surface area is 212 Å². The summed E-state index contributed by atoms with van der Waals surface area (Å²) < 4.78 is 11.5. The molecular weight excluding hydrogens is 468 g/mol. The van der Waals surface area contributed by atoms with Gasteiger partial charge in [0.2, 0.25) is 5.91 Å². The normalized spacial score (nSPS) is 21.9. The van der Waals surface area contributed by atoms with E-state index in [-0.39, 0.29) is 17.9 Å². The number of hydrogen-bond donors (Lipinski definition) is 2. The van der Waals surface area contributed by atoms with Crippen molar-refractivity contribution >= 4 is 29.1 Å². The van der Waals surface area contributed by atoms with Gasteiger partial charge in [-0.2, -0.15) is 0 Å². The fourth-order valence-electron chi connectivity index (χ4n) is 4.71. The number of morpholine rings is 1. The van der Waals surface area contributed by atoms with Gasteiger partial charge in [0, 0.05) is 45.3 Å². The van der Waals surface area contributed by atoms with Crippen molar-refractivity contribution in [2.45, 2.75) is 38.7 Å². The number of hydrogen-bond acceptors (Lipinski definition) is 6. The molecule has 4 rings (SSSR count). The van der Waals surface area contributed by atoms with Gasteiger partial charge in [0.1, 0.15) is 5.75 Å². The van der Waals surface area contributed by atoms with Crippen molar-refractivity contribution in [2.24, 2.45) is 11.8 Å². The number of piperidine rings is 1. The highest BCUT2D eigenvalue weighted by molar-refractivity contribution is 6.33. The number of allylic oxidation sites excluding steroid dienone is 1. The molecule has 2 amide bonds. The number of halogens is 1. The molecule has 1 aliphatic carbocycles. The molecular formula is C26H37ClN4O4. The molecule has 0 spiro atoms. The lowest BCUT2D eigenvalue weighted by molar-refractivity contribution is -0.127. The van der Waals surface area contributed by atoms with Crippen LogP contribution >= 0.6 is 11.6 Å². The first-order valence-corrected chi connectivity index (χ1v) is 13.1. The number of carbonyl (C=O) groups excluding carboxylic acids is 2. The highest BCUT2D eigenvalue weighted by atomic mass is 35.5. The predicted molar refractivity (Wildman–Crippen MR) is 137 cm³/mol. The Kier molecular flexibility index (Phi) is 8.92. The molecule has 8 nitrogen and oxygen atoms in total. The van der Waals surface area contributed by atoms with E-state index in [1.54, 1.807) is 18.2 Å². The number of benzene rings is 1. The number of nitrogens with two attached hydrogens (primary N) is 1. The molecule has 2 aliphatic heterocycles. The Hall–Kier alpha value is -2.29. The van der Waals surface area contributed by atoms with E-state index in [1.165, 1.54) is 12.8 Å². The van der Waals surface area contributed by atoms with E-state index in [4.69, 9.17) is 26.8 Å². The number of nitrogens with one attached hydrogen (secondary N) is 1. The van der Waals surface area contributed by atoms with E-state index in [9.17, 15) is 9.59 Å². The zero-order valence-corrected chi connectivity index (χ0v) is 21.3. The summed E-state index contributed by atoms with van der Waals surface area (Å²) in [7, 11) is 0. The molecule has 2 saturated heterocycles. The minimum atomic E-state index is -0.260. The zero-order chi connectivity index (χ0) is 24.8. The average molecular weight is 505 g/mol. The maximum absolute atomic E-state index is 12.8. The van der Waals surface area contributed by atoms with Crippen molar-refractivity contribution < 1.29 is 19.1 Å². The lowest BCUT2D eigenvalue weighted by atomic mass is 9.95. The highest BCUT2D eigenvalue weighted by Gasteiger charge is 2.27. The highest BCUT2D eigenvalue weighted by Crippen LogP contribution is 2.30. The maximum atomic E-state index is 12.8. The number of ether oxygens (including phenoxy) is 2. The second-order valence-electron chi connectivity index (χ2n) is 9.73. The maximum Gasteiger partial charge on any atom is 0.255 e. The molecule has 1 atom stereocenters. The predicted octanol–water partition coefficient (Wildman–Crippen LogP) is 2.96. The third-order valence-electron chi connectivity index (χ3n) is 6.93. The number of rotatable bonds is 9. The molecule has 35 heavy (non-hydrogen) atoms. The fourth-order valence-corrected chi connectivity index (χ4v) is 4.87. The number of amides is 2. The van der Waals surface area contributed by atoms with Gasteiger partial charge in [0.15, 0.2) is 0 Å². The lowest BCUT2D eigenvalue weighted by Gasteiger charge is -2.38. The first-order chi connectivity index (χ1) is 16.9. The molecule has 1 saturated carbocycles. The van der Waals surface area contributed by atoms with Gasteiger partial charge in [-0.15, -0.1) is 0 Å². The molecule has 9 heteroatoms. The van der Waals surface area contributed by atoms with Crippen LogP contribution in [0, 0.1) is 11.8 Å². The van der Waals surface area contributed by atoms with E-state index in [0.29, 0.717) is 53.6 Å². The minimum Gasteiger partial charge on any atom is -0.493 e. The molecule has 3 N–H and O–H groups in total. The van der Waals surface area contributed by atoms with Crippen LogP contribution in [0.15, 0.2) is 24.3 Å². The minimum absolute atomic E-state index is 0.0817. The number of nitrogens with zero attached hydrogens (tertiary/aromatic N) is 2. The van der Waals surface area contributed by atoms with Gasteiger partial charge in [-0.3, -0.25) is 14.5 Å². The lowest BCUT2D eigenvalue weighted by Crippen LogP contribution is -2.49. The van der Waals surface area contributed by atoms with Crippen molar-refractivity contribution in [3.05, 3.63) is 34.9 Å². The molecule has 3 fully saturated rings. The van der Waals surface area contributed by atoms with Gasteiger partial charge in [-0.1, -0.05) is 17.7 Å². The summed E-state index contributed by atoms with van der Waals surface area (Å²) in [5.74, 6) is 1.53. The Morgan fingerprint density at radius 2 is 2.00 bits per heavy atom. The van der Waals surface area contributed by atoms with E-state index in [1.807, 2.05) is 11.8 Å². The van der Waals surface area contributed by atoms with Crippen LogP contribution in [0.5, 0.6) is 5.75 Å². The first-order valence-electron chi connectivity index (χ1n) is 12.7. The third-order valence-corrected chi connectivity index (χ3v) is 7.26. The summed E-state index contributed by atoms with van der Waals surface area (Å²) >= 11 is 6.13. The van der Waals surface area contributed by atoms with E-state index >= 15 is 0 Å². The fraction of sp³-hybridized carbons (Fsp3) is 0.615. The summed E-state index contributed by atoms with van der Waals surface area (Å²) in [6.45, 7) is 7.63. The van der Waals surface area contributed by atoms with Crippen LogP contribution in [0.4, 0.5) is 5.69 Å². The molecule has 1 aromatic rings. The summed E-state index contributed by atoms with van der Waals surface area (Å²) in [5.41, 5.74) is 6.61. The second-order valence-corrected chi connectivity index (χ2v) is 10.1. The molecule has 1 aromatic carbocycles. The van der Waals surface area contributed by atoms with Crippen LogP contribution in [0.1, 0.15) is 43.0 Å².